The number of hydrogen-bond donors (Lipinski definition) is 2. The highest BCUT2D eigenvalue weighted by Crippen LogP contribution is 2.23. The molecule has 0 aromatic heterocycles. The molecule has 2 N–H and O–H groups in total. The first-order valence-electron chi connectivity index (χ1n) is 6.41. The fraction of sp³-hybridized carbons (Fsp3) is 0.500. The molecule has 0 aliphatic carbocycles. The Balaban J connectivity index is 2.26. The lowest BCUT2D eigenvalue weighted by atomic mass is 10.1. The number of likely N-dealkylation sites (N-methyl/N-ethyl adjacent to an activating group) is 1. The second-order valence-corrected chi connectivity index (χ2v) is 5.41. The molecule has 0 saturated heterocycles. The van der Waals surface area contributed by atoms with Crippen molar-refractivity contribution in [2.24, 2.45) is 0 Å². The maximum absolute atomic E-state index is 11.6. The van der Waals surface area contributed by atoms with Gasteiger partial charge in [-0.1, -0.05) is 29.3 Å². The van der Waals surface area contributed by atoms with E-state index in [1.807, 2.05) is 26.1 Å². The third-order valence-corrected chi connectivity index (χ3v) is 3.69. The van der Waals surface area contributed by atoms with Crippen LogP contribution in [-0.4, -0.2) is 25.5 Å². The number of rotatable bonds is 7. The molecule has 3 nitrogen and oxygen atoms in total. The quantitative estimate of drug-likeness (QED) is 0.813. The maximum Gasteiger partial charge on any atom is 0.220 e. The number of hydrogen-bond acceptors (Lipinski definition) is 2. The third kappa shape index (κ3) is 6.28. The summed E-state index contributed by atoms with van der Waals surface area (Å²) in [4.78, 5) is 11.6. The van der Waals surface area contributed by atoms with Gasteiger partial charge >= 0.3 is 0 Å². The normalized spacial score (nSPS) is 12.2. The zero-order chi connectivity index (χ0) is 14.3. The number of nitrogens with one attached hydrogen (secondary N) is 2. The summed E-state index contributed by atoms with van der Waals surface area (Å²) in [5.41, 5.74) is 1.10. The van der Waals surface area contributed by atoms with Gasteiger partial charge in [-0.25, -0.2) is 0 Å². The molecule has 106 valence electrons. The van der Waals surface area contributed by atoms with Crippen molar-refractivity contribution in [3.63, 3.8) is 0 Å². The summed E-state index contributed by atoms with van der Waals surface area (Å²) in [7, 11) is 1.88. The van der Waals surface area contributed by atoms with E-state index in [1.165, 1.54) is 0 Å². The van der Waals surface area contributed by atoms with Crippen LogP contribution < -0.4 is 10.6 Å². The van der Waals surface area contributed by atoms with E-state index < -0.39 is 0 Å². The number of amides is 1. The minimum absolute atomic E-state index is 0.0853. The Morgan fingerprint density at radius 2 is 2.05 bits per heavy atom. The van der Waals surface area contributed by atoms with E-state index in [0.717, 1.165) is 18.4 Å². The van der Waals surface area contributed by atoms with Crippen molar-refractivity contribution in [1.29, 1.82) is 0 Å². The van der Waals surface area contributed by atoms with E-state index in [2.05, 4.69) is 10.6 Å². The highest BCUT2D eigenvalue weighted by Gasteiger charge is 2.05. The van der Waals surface area contributed by atoms with Crippen molar-refractivity contribution in [2.75, 3.05) is 13.6 Å². The average molecular weight is 303 g/mol. The van der Waals surface area contributed by atoms with Gasteiger partial charge in [-0.3, -0.25) is 4.79 Å². The van der Waals surface area contributed by atoms with E-state index in [1.54, 1.807) is 6.07 Å². The Bertz CT molecular complexity index is 424. The van der Waals surface area contributed by atoms with Crippen LogP contribution in [-0.2, 0) is 11.2 Å². The lowest BCUT2D eigenvalue weighted by Gasteiger charge is -2.11. The molecule has 0 spiro atoms. The maximum atomic E-state index is 11.6. The molecule has 19 heavy (non-hydrogen) atoms. The van der Waals surface area contributed by atoms with Crippen molar-refractivity contribution >= 4 is 29.1 Å². The smallest absolute Gasteiger partial charge is 0.220 e. The first-order chi connectivity index (χ1) is 9.02. The standard InChI is InChI=1S/C14H20Cl2N2O/c1-10(17-2)9-18-14(19)5-3-4-11-6-7-12(15)13(16)8-11/h6-8,10,17H,3-5,9H2,1-2H3,(H,18,19). The molecule has 0 aliphatic heterocycles. The fourth-order valence-corrected chi connectivity index (χ4v) is 1.93. The molecule has 1 aromatic carbocycles. The molecule has 1 rings (SSSR count). The largest absolute Gasteiger partial charge is 0.355 e. The molecular weight excluding hydrogens is 283 g/mol. The summed E-state index contributed by atoms with van der Waals surface area (Å²) in [5.74, 6) is 0.0853. The average Bonchev–Trinajstić information content (AvgIpc) is 2.40. The summed E-state index contributed by atoms with van der Waals surface area (Å²) in [5, 5.41) is 7.08. The number of halogens is 2. The molecule has 0 heterocycles. The van der Waals surface area contributed by atoms with Gasteiger partial charge in [-0.15, -0.1) is 0 Å². The van der Waals surface area contributed by atoms with Gasteiger partial charge in [0.15, 0.2) is 0 Å². The lowest BCUT2D eigenvalue weighted by molar-refractivity contribution is -0.121. The number of benzene rings is 1. The zero-order valence-corrected chi connectivity index (χ0v) is 12.8. The number of carbonyl (C=O) groups excluding carboxylic acids is 1. The molecule has 1 amide bonds. The van der Waals surface area contributed by atoms with Gasteiger partial charge in [-0.05, 0) is 44.5 Å². The molecule has 0 saturated carbocycles. The van der Waals surface area contributed by atoms with Crippen molar-refractivity contribution in [3.8, 4) is 0 Å². The zero-order valence-electron chi connectivity index (χ0n) is 11.3. The topological polar surface area (TPSA) is 41.1 Å². The second-order valence-electron chi connectivity index (χ2n) is 4.60. The van der Waals surface area contributed by atoms with Gasteiger partial charge < -0.3 is 10.6 Å². The van der Waals surface area contributed by atoms with Crippen LogP contribution in [0.3, 0.4) is 0 Å². The monoisotopic (exact) mass is 302 g/mol. The van der Waals surface area contributed by atoms with E-state index in [0.29, 0.717) is 29.1 Å². The van der Waals surface area contributed by atoms with Gasteiger partial charge in [0.1, 0.15) is 0 Å². The Morgan fingerprint density at radius 3 is 2.68 bits per heavy atom. The Hall–Kier alpha value is -0.770. The molecule has 5 heteroatoms. The first-order valence-corrected chi connectivity index (χ1v) is 7.16. The summed E-state index contributed by atoms with van der Waals surface area (Å²) in [6.07, 6.45) is 2.15. The summed E-state index contributed by atoms with van der Waals surface area (Å²) in [6, 6.07) is 5.87. The van der Waals surface area contributed by atoms with Gasteiger partial charge in [0.25, 0.3) is 0 Å². The van der Waals surface area contributed by atoms with Gasteiger partial charge in [0, 0.05) is 19.0 Å². The minimum atomic E-state index is 0.0853. The Kier molecular flexibility index (Phi) is 7.21. The minimum Gasteiger partial charge on any atom is -0.355 e. The summed E-state index contributed by atoms with van der Waals surface area (Å²) >= 11 is 11.8. The van der Waals surface area contributed by atoms with Crippen LogP contribution in [0.15, 0.2) is 18.2 Å². The van der Waals surface area contributed by atoms with Crippen LogP contribution in [0.5, 0.6) is 0 Å². The van der Waals surface area contributed by atoms with Gasteiger partial charge in [-0.2, -0.15) is 0 Å². The SMILES string of the molecule is CNC(C)CNC(=O)CCCc1ccc(Cl)c(Cl)c1. The number of carbonyl (C=O) groups is 1. The third-order valence-electron chi connectivity index (χ3n) is 2.95. The van der Waals surface area contributed by atoms with E-state index in [-0.39, 0.29) is 5.91 Å². The van der Waals surface area contributed by atoms with E-state index in [4.69, 9.17) is 23.2 Å². The molecule has 0 radical (unpaired) electrons. The molecule has 0 aliphatic rings. The highest BCUT2D eigenvalue weighted by atomic mass is 35.5. The molecular formula is C14H20Cl2N2O. The Labute approximate surface area is 124 Å². The highest BCUT2D eigenvalue weighted by molar-refractivity contribution is 6.42. The van der Waals surface area contributed by atoms with Crippen LogP contribution in [0.25, 0.3) is 0 Å². The predicted molar refractivity (Wildman–Crippen MR) is 80.9 cm³/mol. The van der Waals surface area contributed by atoms with Crippen molar-refractivity contribution < 1.29 is 4.79 Å². The predicted octanol–water partition coefficient (Wildman–Crippen LogP) is 3.04. The van der Waals surface area contributed by atoms with Crippen molar-refractivity contribution in [3.05, 3.63) is 33.8 Å². The van der Waals surface area contributed by atoms with Crippen LogP contribution in [0.4, 0.5) is 0 Å². The van der Waals surface area contributed by atoms with Crippen molar-refractivity contribution in [2.45, 2.75) is 32.2 Å². The van der Waals surface area contributed by atoms with E-state index >= 15 is 0 Å². The molecule has 0 fully saturated rings. The number of aryl methyl sites for hydroxylation is 1. The Morgan fingerprint density at radius 1 is 1.32 bits per heavy atom. The molecule has 1 unspecified atom stereocenters. The summed E-state index contributed by atoms with van der Waals surface area (Å²) in [6.45, 7) is 2.68. The summed E-state index contributed by atoms with van der Waals surface area (Å²) < 4.78 is 0. The van der Waals surface area contributed by atoms with Gasteiger partial charge in [0.05, 0.1) is 10.0 Å². The van der Waals surface area contributed by atoms with Crippen LogP contribution in [0.1, 0.15) is 25.3 Å². The van der Waals surface area contributed by atoms with Crippen LogP contribution in [0, 0.1) is 0 Å². The van der Waals surface area contributed by atoms with Crippen LogP contribution >= 0.6 is 23.2 Å². The first kappa shape index (κ1) is 16.3. The van der Waals surface area contributed by atoms with E-state index in [9.17, 15) is 4.79 Å². The second kappa shape index (κ2) is 8.41. The van der Waals surface area contributed by atoms with Gasteiger partial charge in [0.2, 0.25) is 5.91 Å². The molecule has 1 aromatic rings. The van der Waals surface area contributed by atoms with Crippen molar-refractivity contribution in [1.82, 2.24) is 10.6 Å². The lowest BCUT2D eigenvalue weighted by Crippen LogP contribution is -2.37. The van der Waals surface area contributed by atoms with Crippen LogP contribution in [0.2, 0.25) is 10.0 Å². The molecule has 1 atom stereocenters. The molecule has 0 bridgehead atoms. The fourth-order valence-electron chi connectivity index (χ4n) is 1.61.